The maximum atomic E-state index is 4.61. The van der Waals surface area contributed by atoms with Crippen molar-refractivity contribution in [3.05, 3.63) is 64.5 Å². The summed E-state index contributed by atoms with van der Waals surface area (Å²) in [5.41, 5.74) is 6.51. The van der Waals surface area contributed by atoms with Gasteiger partial charge in [-0.25, -0.2) is 0 Å². The molecule has 2 rings (SSSR count). The van der Waals surface area contributed by atoms with Crippen LogP contribution < -0.4 is 5.32 Å². The molecule has 112 valence electrons. The van der Waals surface area contributed by atoms with Crippen LogP contribution in [0.5, 0.6) is 0 Å². The highest BCUT2D eigenvalue weighted by Gasteiger charge is 2.15. The lowest BCUT2D eigenvalue weighted by molar-refractivity contribution is 0.515. The van der Waals surface area contributed by atoms with Crippen LogP contribution in [0.25, 0.3) is 0 Å². The fourth-order valence-electron chi connectivity index (χ4n) is 2.61. The molecule has 0 amide bonds. The van der Waals surface area contributed by atoms with Gasteiger partial charge < -0.3 is 5.32 Å². The number of rotatable bonds is 6. The molecule has 21 heavy (non-hydrogen) atoms. The van der Waals surface area contributed by atoms with Crippen LogP contribution in [0, 0.1) is 20.8 Å². The Kier molecular flexibility index (Phi) is 5.51. The van der Waals surface area contributed by atoms with Crippen LogP contribution >= 0.6 is 0 Å². The van der Waals surface area contributed by atoms with Crippen LogP contribution in [-0.2, 0) is 6.42 Å². The topological polar surface area (TPSA) is 24.9 Å². The third-order valence-corrected chi connectivity index (χ3v) is 4.03. The van der Waals surface area contributed by atoms with E-state index in [4.69, 9.17) is 0 Å². The first-order valence-corrected chi connectivity index (χ1v) is 7.82. The zero-order valence-corrected chi connectivity index (χ0v) is 13.6. The van der Waals surface area contributed by atoms with E-state index in [2.05, 4.69) is 62.3 Å². The van der Waals surface area contributed by atoms with Crippen molar-refractivity contribution in [1.82, 2.24) is 10.3 Å². The molecule has 1 N–H and O–H groups in total. The number of aryl methyl sites for hydroxylation is 3. The Bertz CT molecular complexity index is 590. The first-order chi connectivity index (χ1) is 10.1. The molecule has 0 bridgehead atoms. The Morgan fingerprint density at radius 3 is 2.52 bits per heavy atom. The molecule has 1 atom stereocenters. The second-order valence-electron chi connectivity index (χ2n) is 5.83. The van der Waals surface area contributed by atoms with E-state index >= 15 is 0 Å². The third kappa shape index (κ3) is 4.15. The van der Waals surface area contributed by atoms with Crippen LogP contribution in [0.4, 0.5) is 0 Å². The van der Waals surface area contributed by atoms with Crippen LogP contribution in [0.3, 0.4) is 0 Å². The quantitative estimate of drug-likeness (QED) is 0.855. The molecule has 0 aliphatic rings. The predicted octanol–water partition coefficient (Wildman–Crippen LogP) is 4.29. The summed E-state index contributed by atoms with van der Waals surface area (Å²) in [6, 6.07) is 11.2. The molecule has 0 saturated heterocycles. The average Bonchev–Trinajstić information content (AvgIpc) is 2.48. The van der Waals surface area contributed by atoms with Gasteiger partial charge in [-0.3, -0.25) is 4.98 Å². The Morgan fingerprint density at radius 2 is 1.86 bits per heavy atom. The summed E-state index contributed by atoms with van der Waals surface area (Å²) in [4.78, 5) is 4.61. The van der Waals surface area contributed by atoms with E-state index in [9.17, 15) is 0 Å². The zero-order valence-electron chi connectivity index (χ0n) is 13.6. The molecule has 1 unspecified atom stereocenters. The SMILES string of the molecule is CCCNC(Cc1ccc(C)c(C)c1)c1ncccc1C. The van der Waals surface area contributed by atoms with Crippen molar-refractivity contribution in [2.75, 3.05) is 6.54 Å². The Morgan fingerprint density at radius 1 is 1.05 bits per heavy atom. The first kappa shape index (κ1) is 15.7. The van der Waals surface area contributed by atoms with Gasteiger partial charge >= 0.3 is 0 Å². The minimum absolute atomic E-state index is 0.285. The summed E-state index contributed by atoms with van der Waals surface area (Å²) in [7, 11) is 0. The minimum Gasteiger partial charge on any atom is -0.308 e. The van der Waals surface area contributed by atoms with Gasteiger partial charge in [0.05, 0.1) is 11.7 Å². The number of hydrogen-bond acceptors (Lipinski definition) is 2. The summed E-state index contributed by atoms with van der Waals surface area (Å²) in [5, 5.41) is 3.65. The fraction of sp³-hybridized carbons (Fsp3) is 0.421. The van der Waals surface area contributed by atoms with Crippen molar-refractivity contribution in [3.8, 4) is 0 Å². The van der Waals surface area contributed by atoms with Crippen molar-refractivity contribution >= 4 is 0 Å². The molecule has 0 radical (unpaired) electrons. The summed E-state index contributed by atoms with van der Waals surface area (Å²) in [6.45, 7) is 9.70. The molecule has 0 aliphatic carbocycles. The number of hydrogen-bond donors (Lipinski definition) is 1. The second-order valence-corrected chi connectivity index (χ2v) is 5.83. The highest BCUT2D eigenvalue weighted by atomic mass is 14.9. The maximum absolute atomic E-state index is 4.61. The number of nitrogens with one attached hydrogen (secondary N) is 1. The molecule has 0 fully saturated rings. The van der Waals surface area contributed by atoms with Gasteiger partial charge in [-0.05, 0) is 68.5 Å². The van der Waals surface area contributed by atoms with Gasteiger partial charge in [0, 0.05) is 6.20 Å². The zero-order chi connectivity index (χ0) is 15.2. The number of pyridine rings is 1. The average molecular weight is 282 g/mol. The number of nitrogens with zero attached hydrogens (tertiary/aromatic N) is 1. The van der Waals surface area contributed by atoms with Crippen LogP contribution in [0.2, 0.25) is 0 Å². The van der Waals surface area contributed by atoms with E-state index in [0.717, 1.165) is 19.4 Å². The first-order valence-electron chi connectivity index (χ1n) is 7.82. The molecular weight excluding hydrogens is 256 g/mol. The van der Waals surface area contributed by atoms with Crippen molar-refractivity contribution in [3.63, 3.8) is 0 Å². The van der Waals surface area contributed by atoms with E-state index in [-0.39, 0.29) is 6.04 Å². The summed E-state index contributed by atoms with van der Waals surface area (Å²) < 4.78 is 0. The van der Waals surface area contributed by atoms with Crippen LogP contribution in [0.15, 0.2) is 36.5 Å². The van der Waals surface area contributed by atoms with Gasteiger partial charge in [0.1, 0.15) is 0 Å². The largest absolute Gasteiger partial charge is 0.308 e. The van der Waals surface area contributed by atoms with Crippen molar-refractivity contribution in [1.29, 1.82) is 0 Å². The summed E-state index contributed by atoms with van der Waals surface area (Å²) in [5.74, 6) is 0. The summed E-state index contributed by atoms with van der Waals surface area (Å²) in [6.07, 6.45) is 4.01. The lowest BCUT2D eigenvalue weighted by atomic mass is 9.97. The predicted molar refractivity (Wildman–Crippen MR) is 89.6 cm³/mol. The smallest absolute Gasteiger partial charge is 0.0605 e. The van der Waals surface area contributed by atoms with E-state index in [1.807, 2.05) is 12.3 Å². The van der Waals surface area contributed by atoms with E-state index in [1.54, 1.807) is 0 Å². The van der Waals surface area contributed by atoms with Gasteiger partial charge in [-0.2, -0.15) is 0 Å². The van der Waals surface area contributed by atoms with Crippen LogP contribution in [-0.4, -0.2) is 11.5 Å². The van der Waals surface area contributed by atoms with Gasteiger partial charge in [0.25, 0.3) is 0 Å². The molecule has 2 aromatic rings. The standard InChI is InChI=1S/C19H26N2/c1-5-10-20-18(19-15(3)7-6-11-21-19)13-17-9-8-14(2)16(4)12-17/h6-9,11-12,18,20H,5,10,13H2,1-4H3. The van der Waals surface area contributed by atoms with Crippen molar-refractivity contribution < 1.29 is 0 Å². The van der Waals surface area contributed by atoms with Gasteiger partial charge in [-0.1, -0.05) is 31.2 Å². The second kappa shape index (κ2) is 7.37. The lowest BCUT2D eigenvalue weighted by Crippen LogP contribution is -2.25. The fourth-order valence-corrected chi connectivity index (χ4v) is 2.61. The highest BCUT2D eigenvalue weighted by Crippen LogP contribution is 2.21. The maximum Gasteiger partial charge on any atom is 0.0605 e. The Hall–Kier alpha value is -1.67. The van der Waals surface area contributed by atoms with Gasteiger partial charge in [-0.15, -0.1) is 0 Å². The van der Waals surface area contributed by atoms with E-state index in [1.165, 1.54) is 27.9 Å². The van der Waals surface area contributed by atoms with E-state index < -0.39 is 0 Å². The molecular formula is C19H26N2. The monoisotopic (exact) mass is 282 g/mol. The van der Waals surface area contributed by atoms with Gasteiger partial charge in [0.2, 0.25) is 0 Å². The molecule has 0 aliphatic heterocycles. The highest BCUT2D eigenvalue weighted by molar-refractivity contribution is 5.32. The Labute approximate surface area is 128 Å². The van der Waals surface area contributed by atoms with Crippen molar-refractivity contribution in [2.45, 2.75) is 46.6 Å². The molecule has 2 nitrogen and oxygen atoms in total. The third-order valence-electron chi connectivity index (χ3n) is 4.03. The molecule has 1 aromatic carbocycles. The molecule has 1 heterocycles. The van der Waals surface area contributed by atoms with Crippen LogP contribution in [0.1, 0.15) is 47.3 Å². The minimum atomic E-state index is 0.285. The molecule has 1 aromatic heterocycles. The molecule has 2 heteroatoms. The lowest BCUT2D eigenvalue weighted by Gasteiger charge is -2.20. The molecule has 0 spiro atoms. The molecule has 0 saturated carbocycles. The van der Waals surface area contributed by atoms with Crippen molar-refractivity contribution in [2.24, 2.45) is 0 Å². The van der Waals surface area contributed by atoms with E-state index in [0.29, 0.717) is 0 Å². The normalized spacial score (nSPS) is 12.4. The number of benzene rings is 1. The summed E-state index contributed by atoms with van der Waals surface area (Å²) >= 11 is 0. The Balaban J connectivity index is 2.24. The van der Waals surface area contributed by atoms with Gasteiger partial charge in [0.15, 0.2) is 0 Å². The number of aromatic nitrogens is 1.